The maximum absolute atomic E-state index is 12.9. The van der Waals surface area contributed by atoms with Crippen molar-refractivity contribution >= 4 is 41.1 Å². The molecule has 0 spiro atoms. The molecule has 2 unspecified atom stereocenters. The van der Waals surface area contributed by atoms with Crippen LogP contribution in [0, 0.1) is 5.92 Å². The molecule has 6 amide bonds. The molecule has 20 heteroatoms. The number of aliphatic hydroxyl groups excluding tert-OH is 1. The van der Waals surface area contributed by atoms with E-state index in [0.717, 1.165) is 5.57 Å². The maximum Gasteiger partial charge on any atom is 0.246 e. The van der Waals surface area contributed by atoms with E-state index in [-0.39, 0.29) is 69.2 Å². The standard InChI is InChI=1S/C46H67N5O15/c1-36(45(57)50-39-11-9-37(35-52)10-12-39)49-43(55)34-48-42(54)14-17-59-19-21-61-23-25-63-27-29-65-31-32-66-30-28-64-26-24-62-22-20-60-18-15-47-41(53)13-16-51-44(56)33-40(46(51)58)38-7-5-3-2-4-6-8-38/h2-12,36,40,52H,13-35H2,1H3,(H,47,53)(H,48,54)(H,49,55)(H,50,57)/b3-2-,4-2?,5-3?,6-4-,7-5-,8-6?,38-7?,38-8+. The van der Waals surface area contributed by atoms with Crippen molar-refractivity contribution in [3.8, 4) is 0 Å². The van der Waals surface area contributed by atoms with Crippen LogP contribution in [0.1, 0.15) is 31.7 Å². The summed E-state index contributed by atoms with van der Waals surface area (Å²) in [6.07, 6.45) is 13.1. The monoisotopic (exact) mass is 929 g/mol. The number of carbonyl (C=O) groups is 6. The Morgan fingerprint density at radius 3 is 1.70 bits per heavy atom. The van der Waals surface area contributed by atoms with Gasteiger partial charge in [0, 0.05) is 38.0 Å². The molecule has 3 rings (SSSR count). The fourth-order valence-electron chi connectivity index (χ4n) is 5.93. The molecule has 20 nitrogen and oxygen atoms in total. The van der Waals surface area contributed by atoms with Crippen LogP contribution in [0.5, 0.6) is 0 Å². The fraction of sp³-hybridized carbons (Fsp3) is 0.565. The highest BCUT2D eigenvalue weighted by Crippen LogP contribution is 2.28. The van der Waals surface area contributed by atoms with E-state index in [4.69, 9.17) is 43.0 Å². The van der Waals surface area contributed by atoms with Crippen LogP contribution in [0.25, 0.3) is 0 Å². The van der Waals surface area contributed by atoms with Crippen molar-refractivity contribution in [1.82, 2.24) is 20.9 Å². The van der Waals surface area contributed by atoms with Crippen molar-refractivity contribution in [1.29, 1.82) is 0 Å². The van der Waals surface area contributed by atoms with Gasteiger partial charge in [0.15, 0.2) is 0 Å². The molecular formula is C46H67N5O15. The number of likely N-dealkylation sites (tertiary alicyclic amines) is 1. The van der Waals surface area contributed by atoms with E-state index in [0.29, 0.717) is 117 Å². The zero-order chi connectivity index (χ0) is 47.5. The van der Waals surface area contributed by atoms with Gasteiger partial charge in [-0.1, -0.05) is 54.7 Å². The van der Waals surface area contributed by atoms with E-state index >= 15 is 0 Å². The molecule has 5 N–H and O–H groups in total. The number of amides is 6. The lowest BCUT2D eigenvalue weighted by atomic mass is 9.95. The number of imide groups is 1. The van der Waals surface area contributed by atoms with Crippen molar-refractivity contribution in [3.05, 3.63) is 77.9 Å². The van der Waals surface area contributed by atoms with E-state index in [1.165, 1.54) is 11.8 Å². The highest BCUT2D eigenvalue weighted by atomic mass is 16.6. The zero-order valence-electron chi connectivity index (χ0n) is 37.9. The number of aliphatic hydroxyl groups is 1. The third kappa shape index (κ3) is 24.9. The second kappa shape index (κ2) is 35.1. The number of carbonyl (C=O) groups excluding carboxylic acids is 6. The van der Waals surface area contributed by atoms with E-state index < -0.39 is 23.8 Å². The topological polar surface area (TPSA) is 248 Å². The van der Waals surface area contributed by atoms with Crippen LogP contribution in [0.3, 0.4) is 0 Å². The van der Waals surface area contributed by atoms with Gasteiger partial charge in [-0.2, -0.15) is 0 Å². The Labute approximate surface area is 386 Å². The predicted octanol–water partition coefficient (Wildman–Crippen LogP) is 0.751. The van der Waals surface area contributed by atoms with E-state index in [9.17, 15) is 28.8 Å². The number of nitrogens with one attached hydrogen (secondary N) is 4. The molecule has 1 aliphatic carbocycles. The number of benzene rings is 1. The molecule has 2 atom stereocenters. The van der Waals surface area contributed by atoms with Crippen LogP contribution in [-0.2, 0) is 73.3 Å². The second-order valence-corrected chi connectivity index (χ2v) is 14.6. The first-order chi connectivity index (χ1) is 32.2. The minimum absolute atomic E-state index is 0.0267. The molecule has 1 fully saturated rings. The molecule has 1 heterocycles. The fourth-order valence-corrected chi connectivity index (χ4v) is 5.93. The highest BCUT2D eigenvalue weighted by molar-refractivity contribution is 6.05. The average Bonchev–Trinajstić information content (AvgIpc) is 3.58. The molecule has 366 valence electrons. The van der Waals surface area contributed by atoms with Gasteiger partial charge in [-0.25, -0.2) is 0 Å². The van der Waals surface area contributed by atoms with E-state index in [1.807, 2.05) is 42.5 Å². The number of hydrogen-bond donors (Lipinski definition) is 5. The third-order valence-corrected chi connectivity index (χ3v) is 9.50. The quantitative estimate of drug-likeness (QED) is 0.0457. The molecule has 0 radical (unpaired) electrons. The van der Waals surface area contributed by atoms with Crippen LogP contribution in [0.15, 0.2) is 72.4 Å². The molecular weight excluding hydrogens is 863 g/mol. The maximum atomic E-state index is 12.9. The van der Waals surface area contributed by atoms with Gasteiger partial charge in [-0.15, -0.1) is 0 Å². The normalized spacial score (nSPS) is 17.3. The first kappa shape index (κ1) is 55.2. The SMILES string of the molecule is CC(NC(=O)CNC(=O)CCOCCOCCOCCOCCOCCOCCOCCOCCNC(=O)CCN1C(=O)CC(C2=C/C=C\C=C/C=C\2)C1=O)C(=O)Nc1ccc(CO)cc1. The van der Waals surface area contributed by atoms with Crippen molar-refractivity contribution < 1.29 is 71.8 Å². The number of rotatable bonds is 37. The summed E-state index contributed by atoms with van der Waals surface area (Å²) in [7, 11) is 0. The number of nitrogens with zero attached hydrogens (tertiary/aromatic N) is 1. The van der Waals surface area contributed by atoms with Crippen molar-refractivity contribution in [3.63, 3.8) is 0 Å². The molecule has 0 aromatic heterocycles. The van der Waals surface area contributed by atoms with E-state index in [2.05, 4.69) is 21.3 Å². The summed E-state index contributed by atoms with van der Waals surface area (Å²) in [6.45, 7) is 7.41. The Balaban J connectivity index is 0.977. The Morgan fingerprint density at radius 1 is 0.636 bits per heavy atom. The van der Waals surface area contributed by atoms with Crippen molar-refractivity contribution in [2.75, 3.05) is 131 Å². The largest absolute Gasteiger partial charge is 0.392 e. The molecule has 1 aliphatic heterocycles. The van der Waals surface area contributed by atoms with Gasteiger partial charge >= 0.3 is 0 Å². The van der Waals surface area contributed by atoms with E-state index in [1.54, 1.807) is 24.3 Å². The summed E-state index contributed by atoms with van der Waals surface area (Å²) in [4.78, 5) is 75.2. The van der Waals surface area contributed by atoms with Gasteiger partial charge in [0.05, 0.1) is 125 Å². The average molecular weight is 930 g/mol. The van der Waals surface area contributed by atoms with Gasteiger partial charge in [0.25, 0.3) is 0 Å². The first-order valence-corrected chi connectivity index (χ1v) is 22.2. The molecule has 0 saturated carbocycles. The van der Waals surface area contributed by atoms with Crippen molar-refractivity contribution in [2.24, 2.45) is 5.92 Å². The van der Waals surface area contributed by atoms with Gasteiger partial charge < -0.3 is 64.3 Å². The number of anilines is 1. The zero-order valence-corrected chi connectivity index (χ0v) is 37.9. The lowest BCUT2D eigenvalue weighted by Crippen LogP contribution is -2.46. The minimum atomic E-state index is -0.824. The molecule has 0 bridgehead atoms. The van der Waals surface area contributed by atoms with Gasteiger partial charge in [0.2, 0.25) is 35.4 Å². The molecule has 1 saturated heterocycles. The molecule has 1 aromatic carbocycles. The summed E-state index contributed by atoms with van der Waals surface area (Å²) in [5.41, 5.74) is 2.01. The summed E-state index contributed by atoms with van der Waals surface area (Å²) < 4.78 is 43.7. The molecule has 66 heavy (non-hydrogen) atoms. The minimum Gasteiger partial charge on any atom is -0.392 e. The van der Waals surface area contributed by atoms with Crippen LogP contribution < -0.4 is 21.3 Å². The number of allylic oxidation sites excluding steroid dienone is 7. The van der Waals surface area contributed by atoms with Crippen molar-refractivity contribution in [2.45, 2.75) is 38.8 Å². The van der Waals surface area contributed by atoms with Gasteiger partial charge in [0.1, 0.15) is 6.04 Å². The Kier molecular flexibility index (Phi) is 29.3. The number of ether oxygens (including phenoxy) is 8. The lowest BCUT2D eigenvalue weighted by molar-refractivity contribution is -0.139. The van der Waals surface area contributed by atoms with Crippen LogP contribution in [0.4, 0.5) is 5.69 Å². The Hall–Kier alpha value is -5.16. The number of hydrogen-bond acceptors (Lipinski definition) is 15. The molecule has 2 aliphatic rings. The van der Waals surface area contributed by atoms with Gasteiger partial charge in [-0.05, 0) is 30.2 Å². The second-order valence-electron chi connectivity index (χ2n) is 14.6. The smallest absolute Gasteiger partial charge is 0.246 e. The summed E-state index contributed by atoms with van der Waals surface area (Å²) >= 11 is 0. The molecule has 1 aromatic rings. The summed E-state index contributed by atoms with van der Waals surface area (Å²) in [5.74, 6) is -2.64. The first-order valence-electron chi connectivity index (χ1n) is 22.2. The van der Waals surface area contributed by atoms with Crippen LogP contribution in [-0.4, -0.2) is 177 Å². The Morgan fingerprint density at radius 2 is 1.14 bits per heavy atom. The van der Waals surface area contributed by atoms with Crippen LogP contribution in [0.2, 0.25) is 0 Å². The summed E-state index contributed by atoms with van der Waals surface area (Å²) in [6, 6.07) is 5.83. The highest BCUT2D eigenvalue weighted by Gasteiger charge is 2.39. The van der Waals surface area contributed by atoms with Gasteiger partial charge in [-0.3, -0.25) is 33.7 Å². The predicted molar refractivity (Wildman–Crippen MR) is 241 cm³/mol. The lowest BCUT2D eigenvalue weighted by Gasteiger charge is -2.15. The Bertz CT molecular complexity index is 1740. The third-order valence-electron chi connectivity index (χ3n) is 9.50. The van der Waals surface area contributed by atoms with Crippen LogP contribution >= 0.6 is 0 Å². The summed E-state index contributed by atoms with van der Waals surface area (Å²) in [5, 5.41) is 19.5.